The summed E-state index contributed by atoms with van der Waals surface area (Å²) in [4.78, 5) is 31.5. The number of thiophene rings is 1. The summed E-state index contributed by atoms with van der Waals surface area (Å²) in [6.45, 7) is 5.28. The lowest BCUT2D eigenvalue weighted by Gasteiger charge is -2.29. The van der Waals surface area contributed by atoms with Gasteiger partial charge >= 0.3 is 0 Å². The molecule has 37 heavy (non-hydrogen) atoms. The van der Waals surface area contributed by atoms with Crippen LogP contribution in [0, 0.1) is 11.7 Å². The average molecular weight is 515 g/mol. The molecule has 0 aliphatic rings. The number of carbonyl (C=O) groups is 2. The molecule has 0 saturated carbocycles. The van der Waals surface area contributed by atoms with Crippen LogP contribution in [0.15, 0.2) is 96.4 Å². The van der Waals surface area contributed by atoms with Gasteiger partial charge < -0.3 is 9.80 Å². The highest BCUT2D eigenvalue weighted by Gasteiger charge is 2.24. The van der Waals surface area contributed by atoms with E-state index in [9.17, 15) is 14.0 Å². The summed E-state index contributed by atoms with van der Waals surface area (Å²) >= 11 is 1.58. The number of hydrogen-bond acceptors (Lipinski definition) is 3. The predicted octanol–water partition coefficient (Wildman–Crippen LogP) is 6.88. The molecule has 0 radical (unpaired) electrons. The van der Waals surface area contributed by atoms with Gasteiger partial charge in [0.2, 0.25) is 5.91 Å². The molecule has 3 aromatic carbocycles. The van der Waals surface area contributed by atoms with Gasteiger partial charge in [-0.1, -0.05) is 74.5 Å². The van der Waals surface area contributed by atoms with E-state index in [2.05, 4.69) is 0 Å². The SMILES string of the molecule is CC(C)CN(CC(=O)N(Cc1ccc(F)cc1)Cc1cccs1)C(=O)c1ccc(-c2ccccc2)cc1. The quantitative estimate of drug-likeness (QED) is 0.231. The molecule has 4 aromatic rings. The van der Waals surface area contributed by atoms with E-state index < -0.39 is 0 Å². The molecule has 0 saturated heterocycles. The first-order valence-corrected chi connectivity index (χ1v) is 13.3. The van der Waals surface area contributed by atoms with Crippen molar-refractivity contribution in [2.24, 2.45) is 5.92 Å². The molecule has 0 aliphatic heterocycles. The first-order valence-electron chi connectivity index (χ1n) is 12.4. The number of carbonyl (C=O) groups excluding carboxylic acids is 2. The number of halogens is 1. The summed E-state index contributed by atoms with van der Waals surface area (Å²) in [5.41, 5.74) is 3.51. The van der Waals surface area contributed by atoms with E-state index in [1.807, 2.05) is 86.0 Å². The zero-order valence-corrected chi connectivity index (χ0v) is 22.0. The largest absolute Gasteiger partial charge is 0.332 e. The highest BCUT2D eigenvalue weighted by molar-refractivity contribution is 7.09. The molecular weight excluding hydrogens is 483 g/mol. The topological polar surface area (TPSA) is 40.6 Å². The van der Waals surface area contributed by atoms with Crippen LogP contribution in [0.2, 0.25) is 0 Å². The maximum atomic E-state index is 13.6. The van der Waals surface area contributed by atoms with Crippen LogP contribution in [0.1, 0.15) is 34.6 Å². The Morgan fingerprint density at radius 2 is 1.46 bits per heavy atom. The van der Waals surface area contributed by atoms with Gasteiger partial charge in [0.15, 0.2) is 0 Å². The average Bonchev–Trinajstić information content (AvgIpc) is 3.42. The smallest absolute Gasteiger partial charge is 0.254 e. The molecule has 6 heteroatoms. The summed E-state index contributed by atoms with van der Waals surface area (Å²) in [5, 5.41) is 1.98. The van der Waals surface area contributed by atoms with Gasteiger partial charge in [0.05, 0.1) is 6.54 Å². The van der Waals surface area contributed by atoms with E-state index >= 15 is 0 Å². The second kappa shape index (κ2) is 12.5. The van der Waals surface area contributed by atoms with Crippen LogP contribution in [0.4, 0.5) is 4.39 Å². The van der Waals surface area contributed by atoms with Crippen LogP contribution >= 0.6 is 11.3 Å². The first kappa shape index (κ1) is 26.3. The third-order valence-electron chi connectivity index (χ3n) is 6.00. The Morgan fingerprint density at radius 1 is 0.784 bits per heavy atom. The fourth-order valence-corrected chi connectivity index (χ4v) is 4.89. The number of rotatable bonds is 10. The van der Waals surface area contributed by atoms with Crippen LogP contribution in [-0.2, 0) is 17.9 Å². The number of hydrogen-bond donors (Lipinski definition) is 0. The lowest BCUT2D eigenvalue weighted by Crippen LogP contribution is -2.43. The van der Waals surface area contributed by atoms with Crippen LogP contribution < -0.4 is 0 Å². The summed E-state index contributed by atoms with van der Waals surface area (Å²) in [7, 11) is 0. The zero-order chi connectivity index (χ0) is 26.2. The Morgan fingerprint density at radius 3 is 2.08 bits per heavy atom. The Labute approximate surface area is 222 Å². The van der Waals surface area contributed by atoms with Gasteiger partial charge in [-0.3, -0.25) is 9.59 Å². The molecule has 0 N–H and O–H groups in total. The summed E-state index contributed by atoms with van der Waals surface area (Å²) in [6, 6.07) is 27.7. The van der Waals surface area contributed by atoms with Crippen LogP contribution in [0.25, 0.3) is 11.1 Å². The fourth-order valence-electron chi connectivity index (χ4n) is 4.17. The summed E-state index contributed by atoms with van der Waals surface area (Å²) in [6.07, 6.45) is 0. The summed E-state index contributed by atoms with van der Waals surface area (Å²) in [5.74, 6) is -0.429. The van der Waals surface area contributed by atoms with E-state index in [1.165, 1.54) is 12.1 Å². The molecule has 0 unspecified atom stereocenters. The first-order chi connectivity index (χ1) is 17.9. The molecule has 2 amide bonds. The standard InChI is InChI=1S/C31H31FN2O2S/c1-23(2)19-34(31(36)27-14-12-26(13-15-27)25-7-4-3-5-8-25)22-30(35)33(21-29-9-6-18-37-29)20-24-10-16-28(32)17-11-24/h3-18,23H,19-22H2,1-2H3. The molecule has 0 bridgehead atoms. The monoisotopic (exact) mass is 514 g/mol. The van der Waals surface area contributed by atoms with Crippen molar-refractivity contribution in [3.05, 3.63) is 118 Å². The van der Waals surface area contributed by atoms with Gasteiger partial charge in [-0.2, -0.15) is 0 Å². The number of benzene rings is 3. The van der Waals surface area contributed by atoms with Crippen LogP contribution in [0.5, 0.6) is 0 Å². The molecule has 0 atom stereocenters. The Bertz CT molecular complexity index is 1290. The molecule has 0 spiro atoms. The van der Waals surface area contributed by atoms with E-state index in [4.69, 9.17) is 0 Å². The van der Waals surface area contributed by atoms with Gasteiger partial charge in [-0.05, 0) is 58.3 Å². The van der Waals surface area contributed by atoms with Crippen molar-refractivity contribution in [3.8, 4) is 11.1 Å². The molecule has 1 heterocycles. The molecular formula is C31H31FN2O2S. The molecule has 190 valence electrons. The van der Waals surface area contributed by atoms with Crippen molar-refractivity contribution in [3.63, 3.8) is 0 Å². The fraction of sp³-hybridized carbons (Fsp3) is 0.226. The van der Waals surface area contributed by atoms with E-state index in [0.29, 0.717) is 25.2 Å². The normalized spacial score (nSPS) is 10.9. The van der Waals surface area contributed by atoms with E-state index in [1.54, 1.807) is 33.3 Å². The lowest BCUT2D eigenvalue weighted by atomic mass is 10.0. The second-order valence-corrected chi connectivity index (χ2v) is 10.5. The van der Waals surface area contributed by atoms with Crippen molar-refractivity contribution >= 4 is 23.2 Å². The van der Waals surface area contributed by atoms with Gasteiger partial charge in [0, 0.05) is 23.5 Å². The minimum atomic E-state index is -0.313. The maximum absolute atomic E-state index is 13.6. The number of amides is 2. The highest BCUT2D eigenvalue weighted by Crippen LogP contribution is 2.21. The van der Waals surface area contributed by atoms with Gasteiger partial charge in [-0.25, -0.2) is 4.39 Å². The highest BCUT2D eigenvalue weighted by atomic mass is 32.1. The van der Waals surface area contributed by atoms with Gasteiger partial charge in [0.1, 0.15) is 12.4 Å². The van der Waals surface area contributed by atoms with Crippen LogP contribution in [0.3, 0.4) is 0 Å². The van der Waals surface area contributed by atoms with Crippen molar-refractivity contribution in [1.29, 1.82) is 0 Å². The predicted molar refractivity (Wildman–Crippen MR) is 148 cm³/mol. The van der Waals surface area contributed by atoms with Crippen molar-refractivity contribution in [1.82, 2.24) is 9.80 Å². The van der Waals surface area contributed by atoms with Crippen LogP contribution in [-0.4, -0.2) is 34.7 Å². The molecule has 4 nitrogen and oxygen atoms in total. The third kappa shape index (κ3) is 7.37. The number of nitrogens with zero attached hydrogens (tertiary/aromatic N) is 2. The van der Waals surface area contributed by atoms with Crippen molar-refractivity contribution < 1.29 is 14.0 Å². The zero-order valence-electron chi connectivity index (χ0n) is 21.1. The van der Waals surface area contributed by atoms with Gasteiger partial charge in [0.25, 0.3) is 5.91 Å². The maximum Gasteiger partial charge on any atom is 0.254 e. The Hall–Kier alpha value is -3.77. The van der Waals surface area contributed by atoms with Crippen molar-refractivity contribution in [2.75, 3.05) is 13.1 Å². The minimum absolute atomic E-state index is 0.0238. The lowest BCUT2D eigenvalue weighted by molar-refractivity contribution is -0.133. The minimum Gasteiger partial charge on any atom is -0.332 e. The van der Waals surface area contributed by atoms with E-state index in [-0.39, 0.29) is 30.1 Å². The Balaban J connectivity index is 1.52. The van der Waals surface area contributed by atoms with Crippen molar-refractivity contribution in [2.45, 2.75) is 26.9 Å². The molecule has 4 rings (SSSR count). The second-order valence-electron chi connectivity index (χ2n) is 9.48. The molecule has 0 fully saturated rings. The van der Waals surface area contributed by atoms with Gasteiger partial charge in [-0.15, -0.1) is 11.3 Å². The Kier molecular flexibility index (Phi) is 8.86. The van der Waals surface area contributed by atoms with E-state index in [0.717, 1.165) is 21.6 Å². The summed E-state index contributed by atoms with van der Waals surface area (Å²) < 4.78 is 13.4. The molecule has 0 aliphatic carbocycles. The third-order valence-corrected chi connectivity index (χ3v) is 6.87. The molecule has 1 aromatic heterocycles.